The molecule has 0 bridgehead atoms. The van der Waals surface area contributed by atoms with Gasteiger partial charge in [-0.25, -0.2) is 0 Å². The third-order valence-corrected chi connectivity index (χ3v) is 5.27. The van der Waals surface area contributed by atoms with E-state index < -0.39 is 17.1 Å². The summed E-state index contributed by atoms with van der Waals surface area (Å²) < 4.78 is 10.7. The number of nitrogens with one attached hydrogen (secondary N) is 1. The van der Waals surface area contributed by atoms with Crippen LogP contribution >= 0.6 is 23.4 Å². The zero-order valence-corrected chi connectivity index (χ0v) is 18.0. The summed E-state index contributed by atoms with van der Waals surface area (Å²) in [5, 5.41) is 2.35. The van der Waals surface area contributed by atoms with E-state index in [9.17, 15) is 14.4 Å². The van der Waals surface area contributed by atoms with E-state index >= 15 is 0 Å². The lowest BCUT2D eigenvalue weighted by molar-refractivity contribution is -0.127. The maximum absolute atomic E-state index is 12.7. The van der Waals surface area contributed by atoms with Crippen LogP contribution in [0.2, 0.25) is 5.02 Å². The molecule has 158 valence electrons. The highest BCUT2D eigenvalue weighted by Crippen LogP contribution is 2.38. The highest BCUT2D eigenvalue weighted by atomic mass is 35.5. The van der Waals surface area contributed by atoms with Crippen molar-refractivity contribution in [3.63, 3.8) is 0 Å². The van der Waals surface area contributed by atoms with E-state index in [4.69, 9.17) is 27.5 Å². The molecule has 0 radical (unpaired) electrons. The summed E-state index contributed by atoms with van der Waals surface area (Å²) >= 11 is 6.99. The Morgan fingerprint density at radius 2 is 2.03 bits per heavy atom. The van der Waals surface area contributed by atoms with Crippen molar-refractivity contribution in [1.82, 2.24) is 4.90 Å². The van der Waals surface area contributed by atoms with Gasteiger partial charge in [0.1, 0.15) is 13.2 Å². The van der Waals surface area contributed by atoms with Crippen LogP contribution in [-0.2, 0) is 9.59 Å². The van der Waals surface area contributed by atoms with Crippen molar-refractivity contribution in [3.8, 4) is 23.8 Å². The molecule has 31 heavy (non-hydrogen) atoms. The van der Waals surface area contributed by atoms with Crippen LogP contribution in [0.4, 0.5) is 10.5 Å². The molecule has 0 spiro atoms. The van der Waals surface area contributed by atoms with Crippen LogP contribution < -0.4 is 14.8 Å². The summed E-state index contributed by atoms with van der Waals surface area (Å²) in [6.45, 7) is -0.376. The molecule has 3 amide bonds. The van der Waals surface area contributed by atoms with Gasteiger partial charge in [-0.15, -0.1) is 6.42 Å². The van der Waals surface area contributed by atoms with E-state index in [0.29, 0.717) is 17.0 Å². The Hall–Kier alpha value is -3.41. The van der Waals surface area contributed by atoms with Gasteiger partial charge in [-0.3, -0.25) is 19.3 Å². The predicted octanol–water partition coefficient (Wildman–Crippen LogP) is 4.04. The summed E-state index contributed by atoms with van der Waals surface area (Å²) in [6, 6.07) is 11.9. The third-order valence-electron chi connectivity index (χ3n) is 4.08. The number of carbonyl (C=O) groups is 3. The first-order valence-corrected chi connectivity index (χ1v) is 10.2. The van der Waals surface area contributed by atoms with Gasteiger partial charge in [0.25, 0.3) is 11.1 Å². The number of ether oxygens (including phenoxy) is 2. The number of rotatable bonds is 7. The molecule has 1 saturated heterocycles. The van der Waals surface area contributed by atoms with Crippen molar-refractivity contribution in [2.75, 3.05) is 25.6 Å². The van der Waals surface area contributed by atoms with Crippen LogP contribution in [0.25, 0.3) is 6.08 Å². The fourth-order valence-corrected chi connectivity index (χ4v) is 3.84. The Kier molecular flexibility index (Phi) is 7.23. The molecule has 0 aromatic heterocycles. The number of thioether (sulfide) groups is 1. The summed E-state index contributed by atoms with van der Waals surface area (Å²) in [5.41, 5.74) is 1.10. The quantitative estimate of drug-likeness (QED) is 0.500. The molecule has 0 aliphatic carbocycles. The van der Waals surface area contributed by atoms with E-state index in [1.54, 1.807) is 36.4 Å². The van der Waals surface area contributed by atoms with E-state index in [1.807, 2.05) is 6.07 Å². The van der Waals surface area contributed by atoms with E-state index in [0.717, 1.165) is 16.7 Å². The van der Waals surface area contributed by atoms with Gasteiger partial charge in [0.2, 0.25) is 5.91 Å². The van der Waals surface area contributed by atoms with Crippen molar-refractivity contribution in [1.29, 1.82) is 0 Å². The maximum atomic E-state index is 12.7. The van der Waals surface area contributed by atoms with Crippen LogP contribution in [0.3, 0.4) is 0 Å². The number of para-hydroxylation sites is 1. The minimum Gasteiger partial charge on any atom is -0.493 e. The molecule has 2 aromatic rings. The smallest absolute Gasteiger partial charge is 0.294 e. The number of nitrogens with zero attached hydrogens (tertiary/aromatic N) is 1. The number of benzene rings is 2. The zero-order chi connectivity index (χ0) is 22.4. The summed E-state index contributed by atoms with van der Waals surface area (Å²) in [4.78, 5) is 38.2. The number of halogens is 1. The van der Waals surface area contributed by atoms with Crippen molar-refractivity contribution < 1.29 is 23.9 Å². The normalized spacial score (nSPS) is 14.5. The van der Waals surface area contributed by atoms with Crippen molar-refractivity contribution >= 4 is 52.2 Å². The number of carbonyl (C=O) groups excluding carboxylic acids is 3. The molecular weight excluding hydrogens is 440 g/mol. The predicted molar refractivity (Wildman–Crippen MR) is 120 cm³/mol. The Bertz CT molecular complexity index is 1100. The highest BCUT2D eigenvalue weighted by molar-refractivity contribution is 8.18. The zero-order valence-electron chi connectivity index (χ0n) is 16.4. The molecule has 1 fully saturated rings. The molecule has 1 aliphatic heterocycles. The van der Waals surface area contributed by atoms with E-state index in [2.05, 4.69) is 11.2 Å². The molecule has 1 N–H and O–H groups in total. The van der Waals surface area contributed by atoms with Crippen molar-refractivity contribution in [2.45, 2.75) is 0 Å². The molecule has 0 unspecified atom stereocenters. The van der Waals surface area contributed by atoms with Gasteiger partial charge in [-0.1, -0.05) is 35.7 Å². The highest BCUT2D eigenvalue weighted by Gasteiger charge is 2.36. The Labute approximate surface area is 188 Å². The van der Waals surface area contributed by atoms with Gasteiger partial charge in [0.15, 0.2) is 11.5 Å². The first kappa shape index (κ1) is 22.3. The number of terminal acetylenes is 1. The van der Waals surface area contributed by atoms with Gasteiger partial charge in [0.05, 0.1) is 17.0 Å². The van der Waals surface area contributed by atoms with E-state index in [-0.39, 0.29) is 28.8 Å². The van der Waals surface area contributed by atoms with Gasteiger partial charge in [-0.2, -0.15) is 0 Å². The molecular formula is C22H17ClN2O5S. The molecule has 3 rings (SSSR count). The summed E-state index contributed by atoms with van der Waals surface area (Å²) in [6.07, 6.45) is 6.70. The van der Waals surface area contributed by atoms with Gasteiger partial charge >= 0.3 is 0 Å². The lowest BCUT2D eigenvalue weighted by Crippen LogP contribution is -2.36. The van der Waals surface area contributed by atoms with E-state index in [1.165, 1.54) is 13.2 Å². The Morgan fingerprint density at radius 1 is 1.29 bits per heavy atom. The molecule has 1 aliphatic rings. The third kappa shape index (κ3) is 5.40. The van der Waals surface area contributed by atoms with Crippen LogP contribution in [0.15, 0.2) is 47.4 Å². The topological polar surface area (TPSA) is 84.9 Å². The van der Waals surface area contributed by atoms with Crippen LogP contribution in [0.1, 0.15) is 5.56 Å². The first-order chi connectivity index (χ1) is 14.9. The average molecular weight is 457 g/mol. The average Bonchev–Trinajstić information content (AvgIpc) is 3.00. The second-order valence-corrected chi connectivity index (χ2v) is 7.61. The Morgan fingerprint density at radius 3 is 2.71 bits per heavy atom. The van der Waals surface area contributed by atoms with Gasteiger partial charge < -0.3 is 14.8 Å². The number of hydrogen-bond donors (Lipinski definition) is 1. The molecule has 7 nitrogen and oxygen atoms in total. The van der Waals surface area contributed by atoms with Gasteiger partial charge in [0, 0.05) is 5.69 Å². The monoisotopic (exact) mass is 456 g/mol. The number of hydrogen-bond acceptors (Lipinski definition) is 6. The number of amides is 3. The molecule has 2 aromatic carbocycles. The summed E-state index contributed by atoms with van der Waals surface area (Å²) in [7, 11) is 1.44. The molecule has 0 atom stereocenters. The minimum atomic E-state index is -0.569. The standard InChI is InChI=1S/C22H17ClN2O5S/c1-3-9-30-20-16(23)10-14(11-17(20)29-2)12-18-21(27)25(22(28)31-18)13-19(26)24-15-7-5-4-6-8-15/h1,4-8,10-12H,9,13H2,2H3,(H,24,26)/b18-12-. The number of imide groups is 1. The largest absolute Gasteiger partial charge is 0.493 e. The SMILES string of the molecule is C#CCOc1c(Cl)cc(/C=C2\SC(=O)N(CC(=O)Nc3ccccc3)C2=O)cc1OC. The van der Waals surface area contributed by atoms with Crippen LogP contribution in [-0.4, -0.2) is 42.2 Å². The van der Waals surface area contributed by atoms with Crippen molar-refractivity contribution in [2.24, 2.45) is 0 Å². The Balaban J connectivity index is 1.76. The lowest BCUT2D eigenvalue weighted by atomic mass is 10.1. The second-order valence-electron chi connectivity index (χ2n) is 6.21. The maximum Gasteiger partial charge on any atom is 0.294 e. The second kappa shape index (κ2) is 10.1. The van der Waals surface area contributed by atoms with Gasteiger partial charge in [-0.05, 0) is 47.7 Å². The fraction of sp³-hybridized carbons (Fsp3) is 0.136. The molecule has 9 heteroatoms. The van der Waals surface area contributed by atoms with Crippen molar-refractivity contribution in [3.05, 3.63) is 58.0 Å². The van der Waals surface area contributed by atoms with Crippen LogP contribution in [0.5, 0.6) is 11.5 Å². The van der Waals surface area contributed by atoms with Crippen LogP contribution in [0, 0.1) is 12.3 Å². The minimum absolute atomic E-state index is 0.0133. The number of anilines is 1. The lowest BCUT2D eigenvalue weighted by Gasteiger charge is -2.13. The summed E-state index contributed by atoms with van der Waals surface area (Å²) in [5.74, 6) is 1.91. The molecule has 0 saturated carbocycles. The first-order valence-electron chi connectivity index (χ1n) is 8.97. The molecule has 1 heterocycles. The number of methoxy groups -OCH3 is 1. The fourth-order valence-electron chi connectivity index (χ4n) is 2.73.